The molecule has 2 aliphatic carbocycles. The van der Waals surface area contributed by atoms with Crippen LogP contribution >= 0.6 is 0 Å². The molecule has 0 heterocycles. The summed E-state index contributed by atoms with van der Waals surface area (Å²) in [6.45, 7) is 0. The highest BCUT2D eigenvalue weighted by molar-refractivity contribution is 5.81. The van der Waals surface area contributed by atoms with E-state index in [4.69, 9.17) is 5.73 Å². The minimum Gasteiger partial charge on any atom is -0.481 e. The number of nitrogens with two attached hydrogens (primary N) is 1. The molecule has 2 rings (SSSR count). The lowest BCUT2D eigenvalue weighted by atomic mass is 9.82. The lowest BCUT2D eigenvalue weighted by Gasteiger charge is -2.33. The fourth-order valence-corrected chi connectivity index (χ4v) is 3.37. The van der Waals surface area contributed by atoms with Crippen molar-refractivity contribution in [3.63, 3.8) is 0 Å². The molecule has 108 valence electrons. The molecule has 1 amide bonds. The van der Waals surface area contributed by atoms with E-state index in [1.807, 2.05) is 0 Å². The minimum atomic E-state index is -0.794. The Morgan fingerprint density at radius 3 is 2.16 bits per heavy atom. The SMILES string of the molecule is NC1CCCCC1C(=O)NC1CCCCC1C(=O)O. The minimum absolute atomic E-state index is 0.0367. The molecule has 0 aromatic carbocycles. The van der Waals surface area contributed by atoms with Crippen LogP contribution in [0.15, 0.2) is 0 Å². The van der Waals surface area contributed by atoms with Crippen LogP contribution in [-0.2, 0) is 9.59 Å². The lowest BCUT2D eigenvalue weighted by Crippen LogP contribution is -2.50. The fraction of sp³-hybridized carbons (Fsp3) is 0.857. The Balaban J connectivity index is 1.94. The molecular weight excluding hydrogens is 244 g/mol. The van der Waals surface area contributed by atoms with E-state index in [1.54, 1.807) is 0 Å². The van der Waals surface area contributed by atoms with Crippen molar-refractivity contribution in [2.75, 3.05) is 0 Å². The van der Waals surface area contributed by atoms with Crippen LogP contribution in [0.3, 0.4) is 0 Å². The number of amides is 1. The van der Waals surface area contributed by atoms with E-state index in [-0.39, 0.29) is 23.9 Å². The number of carboxylic acids is 1. The molecule has 4 atom stereocenters. The van der Waals surface area contributed by atoms with Crippen molar-refractivity contribution in [1.82, 2.24) is 5.32 Å². The van der Waals surface area contributed by atoms with Crippen LogP contribution in [0.25, 0.3) is 0 Å². The molecule has 2 saturated carbocycles. The highest BCUT2D eigenvalue weighted by Gasteiger charge is 2.35. The van der Waals surface area contributed by atoms with Gasteiger partial charge >= 0.3 is 5.97 Å². The van der Waals surface area contributed by atoms with Crippen LogP contribution in [0.4, 0.5) is 0 Å². The van der Waals surface area contributed by atoms with Crippen LogP contribution in [0.2, 0.25) is 0 Å². The summed E-state index contributed by atoms with van der Waals surface area (Å²) in [5.74, 6) is -1.40. The number of hydrogen-bond acceptors (Lipinski definition) is 3. The van der Waals surface area contributed by atoms with E-state index in [2.05, 4.69) is 5.32 Å². The summed E-state index contributed by atoms with van der Waals surface area (Å²) >= 11 is 0. The van der Waals surface area contributed by atoms with Crippen molar-refractivity contribution in [3.05, 3.63) is 0 Å². The summed E-state index contributed by atoms with van der Waals surface area (Å²) in [4.78, 5) is 23.5. The molecule has 0 spiro atoms. The van der Waals surface area contributed by atoms with Gasteiger partial charge in [0.05, 0.1) is 11.8 Å². The van der Waals surface area contributed by atoms with Gasteiger partial charge in [-0.25, -0.2) is 0 Å². The summed E-state index contributed by atoms with van der Waals surface area (Å²) in [6, 6.07) is -0.284. The van der Waals surface area contributed by atoms with Crippen molar-refractivity contribution in [2.24, 2.45) is 17.6 Å². The molecular formula is C14H24N2O3. The first kappa shape index (κ1) is 14.3. The predicted molar refractivity (Wildman–Crippen MR) is 71.5 cm³/mol. The second kappa shape index (κ2) is 6.37. The molecule has 0 aromatic rings. The molecule has 0 bridgehead atoms. The fourth-order valence-electron chi connectivity index (χ4n) is 3.37. The third-order valence-corrected chi connectivity index (χ3v) is 4.57. The van der Waals surface area contributed by atoms with Gasteiger partial charge in [-0.05, 0) is 25.7 Å². The van der Waals surface area contributed by atoms with Gasteiger partial charge in [-0.1, -0.05) is 25.7 Å². The Morgan fingerprint density at radius 1 is 0.947 bits per heavy atom. The average Bonchev–Trinajstić information content (AvgIpc) is 2.39. The van der Waals surface area contributed by atoms with Crippen LogP contribution in [0, 0.1) is 11.8 Å². The average molecular weight is 268 g/mol. The Bertz CT molecular complexity index is 346. The van der Waals surface area contributed by atoms with Gasteiger partial charge in [0.2, 0.25) is 5.91 Å². The van der Waals surface area contributed by atoms with Crippen LogP contribution in [0.5, 0.6) is 0 Å². The monoisotopic (exact) mass is 268 g/mol. The number of hydrogen-bond donors (Lipinski definition) is 3. The molecule has 4 N–H and O–H groups in total. The Kier molecular flexibility index (Phi) is 4.80. The second-order valence-electron chi connectivity index (χ2n) is 5.90. The maximum Gasteiger partial charge on any atom is 0.308 e. The summed E-state index contributed by atoms with van der Waals surface area (Å²) < 4.78 is 0. The Morgan fingerprint density at radius 2 is 1.53 bits per heavy atom. The number of carbonyl (C=O) groups is 2. The zero-order valence-corrected chi connectivity index (χ0v) is 11.3. The van der Waals surface area contributed by atoms with Gasteiger partial charge in [0, 0.05) is 12.1 Å². The predicted octanol–water partition coefficient (Wildman–Crippen LogP) is 1.26. The molecule has 2 fully saturated rings. The Labute approximate surface area is 113 Å². The zero-order valence-electron chi connectivity index (χ0n) is 11.3. The molecule has 4 unspecified atom stereocenters. The summed E-state index contributed by atoms with van der Waals surface area (Å²) in [7, 11) is 0. The first-order chi connectivity index (χ1) is 9.09. The number of rotatable bonds is 3. The summed E-state index contributed by atoms with van der Waals surface area (Å²) in [6.07, 6.45) is 7.22. The van der Waals surface area contributed by atoms with Gasteiger partial charge in [-0.15, -0.1) is 0 Å². The highest BCUT2D eigenvalue weighted by atomic mass is 16.4. The topological polar surface area (TPSA) is 92.4 Å². The number of carboxylic acid groups (broad SMARTS) is 1. The van der Waals surface area contributed by atoms with Crippen LogP contribution in [-0.4, -0.2) is 29.1 Å². The van der Waals surface area contributed by atoms with Crippen molar-refractivity contribution in [2.45, 2.75) is 63.5 Å². The van der Waals surface area contributed by atoms with Gasteiger partial charge in [0.15, 0.2) is 0 Å². The number of aliphatic carboxylic acids is 1. The highest BCUT2D eigenvalue weighted by Crippen LogP contribution is 2.27. The first-order valence-corrected chi connectivity index (χ1v) is 7.38. The van der Waals surface area contributed by atoms with Crippen LogP contribution < -0.4 is 11.1 Å². The maximum absolute atomic E-state index is 12.3. The molecule has 0 radical (unpaired) electrons. The molecule has 0 aliphatic heterocycles. The normalized spacial score (nSPS) is 35.6. The van der Waals surface area contributed by atoms with E-state index < -0.39 is 11.9 Å². The van der Waals surface area contributed by atoms with Crippen molar-refractivity contribution in [1.29, 1.82) is 0 Å². The maximum atomic E-state index is 12.3. The molecule has 0 saturated heterocycles. The zero-order chi connectivity index (χ0) is 13.8. The van der Waals surface area contributed by atoms with E-state index in [0.29, 0.717) is 6.42 Å². The van der Waals surface area contributed by atoms with Crippen molar-refractivity contribution >= 4 is 11.9 Å². The van der Waals surface area contributed by atoms with Gasteiger partial charge in [0.25, 0.3) is 0 Å². The van der Waals surface area contributed by atoms with E-state index >= 15 is 0 Å². The third kappa shape index (κ3) is 3.47. The standard InChI is InChI=1S/C14H24N2O3/c15-11-7-3-1-5-9(11)13(17)16-12-8-4-2-6-10(12)14(18)19/h9-12H,1-8,15H2,(H,16,17)(H,18,19). The van der Waals surface area contributed by atoms with Gasteiger partial charge < -0.3 is 16.2 Å². The molecule has 0 aromatic heterocycles. The van der Waals surface area contributed by atoms with E-state index in [0.717, 1.165) is 44.9 Å². The lowest BCUT2D eigenvalue weighted by molar-refractivity contribution is -0.144. The second-order valence-corrected chi connectivity index (χ2v) is 5.90. The summed E-state index contributed by atoms with van der Waals surface area (Å²) in [5.41, 5.74) is 6.00. The molecule has 5 nitrogen and oxygen atoms in total. The van der Waals surface area contributed by atoms with Crippen molar-refractivity contribution in [3.8, 4) is 0 Å². The van der Waals surface area contributed by atoms with Gasteiger partial charge in [-0.3, -0.25) is 9.59 Å². The first-order valence-electron chi connectivity index (χ1n) is 7.38. The van der Waals surface area contributed by atoms with Gasteiger partial charge in [-0.2, -0.15) is 0 Å². The number of nitrogens with one attached hydrogen (secondary N) is 1. The number of carbonyl (C=O) groups excluding carboxylic acids is 1. The molecule has 2 aliphatic rings. The third-order valence-electron chi connectivity index (χ3n) is 4.57. The largest absolute Gasteiger partial charge is 0.481 e. The quantitative estimate of drug-likeness (QED) is 0.718. The van der Waals surface area contributed by atoms with Crippen LogP contribution in [0.1, 0.15) is 51.4 Å². The summed E-state index contributed by atoms with van der Waals surface area (Å²) in [5, 5.41) is 12.2. The molecule has 5 heteroatoms. The Hall–Kier alpha value is -1.10. The van der Waals surface area contributed by atoms with E-state index in [9.17, 15) is 14.7 Å². The van der Waals surface area contributed by atoms with Crippen molar-refractivity contribution < 1.29 is 14.7 Å². The van der Waals surface area contributed by atoms with E-state index in [1.165, 1.54) is 0 Å². The molecule has 19 heavy (non-hydrogen) atoms. The van der Waals surface area contributed by atoms with Gasteiger partial charge in [0.1, 0.15) is 0 Å². The smallest absolute Gasteiger partial charge is 0.308 e.